The van der Waals surface area contributed by atoms with Crippen LogP contribution in [0.25, 0.3) is 0 Å². The van der Waals surface area contributed by atoms with E-state index in [0.717, 1.165) is 17.4 Å². The molecule has 0 saturated heterocycles. The number of allylic oxidation sites excluding steroid dienone is 4. The fourth-order valence-electron chi connectivity index (χ4n) is 4.33. The van der Waals surface area contributed by atoms with Crippen LogP contribution in [0.2, 0.25) is 0 Å². The molecule has 0 radical (unpaired) electrons. The molecule has 0 aliphatic heterocycles. The largest absolute Gasteiger partial charge is 0.247 e. The second-order valence-corrected chi connectivity index (χ2v) is 8.25. The van der Waals surface area contributed by atoms with E-state index in [1.165, 1.54) is 42.1 Å². The summed E-state index contributed by atoms with van der Waals surface area (Å²) in [6.45, 7) is 2.23. The molecule has 0 spiro atoms. The van der Waals surface area contributed by atoms with Crippen molar-refractivity contribution in [3.05, 3.63) is 23.3 Å². The van der Waals surface area contributed by atoms with E-state index in [1.54, 1.807) is 0 Å². The average molecular weight is 420 g/mol. The van der Waals surface area contributed by atoms with E-state index in [1.807, 2.05) is 6.08 Å². The molecule has 0 bridgehead atoms. The van der Waals surface area contributed by atoms with Gasteiger partial charge in [-0.1, -0.05) is 48.1 Å². The highest BCUT2D eigenvalue weighted by atomic mass is 127. The van der Waals surface area contributed by atoms with Crippen LogP contribution in [-0.4, -0.2) is 16.8 Å². The van der Waals surface area contributed by atoms with Crippen molar-refractivity contribution in [1.82, 2.24) is 0 Å². The molecule has 124 valence electrons. The first-order valence-electron chi connectivity index (χ1n) is 8.90. The molecule has 0 amide bonds. The fraction of sp³-hybridized carbons (Fsp3) is 0.789. The van der Waals surface area contributed by atoms with Crippen LogP contribution in [-0.2, 0) is 0 Å². The Balaban J connectivity index is 1.90. The highest BCUT2D eigenvalue weighted by Crippen LogP contribution is 2.51. The molecular formula is C19H27F2I. The molecule has 3 rings (SSSR count). The summed E-state index contributed by atoms with van der Waals surface area (Å²) in [5.74, 6) is 2.62. The molecule has 5 atom stereocenters. The first-order chi connectivity index (χ1) is 10.6. The molecule has 0 N–H and O–H groups in total. The highest BCUT2D eigenvalue weighted by Gasteiger charge is 2.42. The lowest BCUT2D eigenvalue weighted by molar-refractivity contribution is 0.223. The van der Waals surface area contributed by atoms with Crippen LogP contribution in [0.3, 0.4) is 0 Å². The minimum Gasteiger partial charge on any atom is -0.247 e. The molecule has 0 aromatic carbocycles. The first kappa shape index (κ1) is 16.9. The topological polar surface area (TPSA) is 0 Å². The smallest absolute Gasteiger partial charge is 0.128 e. The quantitative estimate of drug-likeness (QED) is 0.367. The number of alkyl halides is 3. The van der Waals surface area contributed by atoms with Crippen LogP contribution in [0.4, 0.5) is 8.78 Å². The van der Waals surface area contributed by atoms with E-state index in [9.17, 15) is 8.78 Å². The van der Waals surface area contributed by atoms with E-state index in [2.05, 4.69) is 35.6 Å². The third-order valence-corrected chi connectivity index (χ3v) is 6.82. The summed E-state index contributed by atoms with van der Waals surface area (Å²) >= 11 is 2.52. The van der Waals surface area contributed by atoms with Gasteiger partial charge in [0.25, 0.3) is 0 Å². The SMILES string of the molecule is CCC[C@H]1C=C(C2=CC[C@H](F)C[C@@H]2F)[C@@H](C2CC2)CC1CI. The van der Waals surface area contributed by atoms with Gasteiger partial charge < -0.3 is 0 Å². The predicted octanol–water partition coefficient (Wildman–Crippen LogP) is 6.21. The fourth-order valence-corrected chi connectivity index (χ4v) is 5.35. The molecule has 0 aromatic rings. The second kappa shape index (κ2) is 7.31. The van der Waals surface area contributed by atoms with Crippen LogP contribution in [0.5, 0.6) is 0 Å². The van der Waals surface area contributed by atoms with Crippen LogP contribution in [0.15, 0.2) is 23.3 Å². The van der Waals surface area contributed by atoms with Gasteiger partial charge in [0.15, 0.2) is 0 Å². The van der Waals surface area contributed by atoms with Crippen LogP contribution >= 0.6 is 22.6 Å². The van der Waals surface area contributed by atoms with Crippen molar-refractivity contribution >= 4 is 22.6 Å². The van der Waals surface area contributed by atoms with Crippen LogP contribution in [0.1, 0.15) is 51.9 Å². The summed E-state index contributed by atoms with van der Waals surface area (Å²) in [6.07, 6.45) is 8.84. The summed E-state index contributed by atoms with van der Waals surface area (Å²) in [7, 11) is 0. The van der Waals surface area contributed by atoms with Gasteiger partial charge in [0.2, 0.25) is 0 Å². The molecule has 22 heavy (non-hydrogen) atoms. The van der Waals surface area contributed by atoms with E-state index in [4.69, 9.17) is 0 Å². The lowest BCUT2D eigenvalue weighted by Crippen LogP contribution is -2.30. The molecule has 1 unspecified atom stereocenters. The summed E-state index contributed by atoms with van der Waals surface area (Å²) in [6, 6.07) is 0. The number of hydrogen-bond donors (Lipinski definition) is 0. The minimum absolute atomic E-state index is 0.0642. The van der Waals surface area contributed by atoms with Crippen molar-refractivity contribution in [2.24, 2.45) is 23.7 Å². The molecule has 1 fully saturated rings. The molecule has 3 aliphatic rings. The molecule has 0 aromatic heterocycles. The number of rotatable bonds is 5. The van der Waals surface area contributed by atoms with E-state index < -0.39 is 12.3 Å². The van der Waals surface area contributed by atoms with Gasteiger partial charge in [0, 0.05) is 10.8 Å². The summed E-state index contributed by atoms with van der Waals surface area (Å²) in [5.41, 5.74) is 2.11. The van der Waals surface area contributed by atoms with Gasteiger partial charge in [-0.25, -0.2) is 8.78 Å². The van der Waals surface area contributed by atoms with E-state index >= 15 is 0 Å². The maximum Gasteiger partial charge on any atom is 0.128 e. The highest BCUT2D eigenvalue weighted by molar-refractivity contribution is 14.1. The van der Waals surface area contributed by atoms with E-state index in [-0.39, 0.29) is 6.42 Å². The Morgan fingerprint density at radius 1 is 1.18 bits per heavy atom. The zero-order valence-corrected chi connectivity index (χ0v) is 15.6. The Morgan fingerprint density at radius 2 is 1.95 bits per heavy atom. The Labute approximate surface area is 147 Å². The summed E-state index contributed by atoms with van der Waals surface area (Å²) in [4.78, 5) is 0. The molecular weight excluding hydrogens is 393 g/mol. The number of halogens is 3. The lowest BCUT2D eigenvalue weighted by atomic mass is 9.69. The van der Waals surface area contributed by atoms with Crippen molar-refractivity contribution in [1.29, 1.82) is 0 Å². The van der Waals surface area contributed by atoms with Gasteiger partial charge in [0.05, 0.1) is 0 Å². The molecule has 3 aliphatic carbocycles. The molecule has 1 saturated carbocycles. The Hall–Kier alpha value is 0.0700. The van der Waals surface area contributed by atoms with Crippen molar-refractivity contribution in [3.8, 4) is 0 Å². The molecule has 0 nitrogen and oxygen atoms in total. The van der Waals surface area contributed by atoms with Gasteiger partial charge in [-0.3, -0.25) is 0 Å². The van der Waals surface area contributed by atoms with Crippen molar-refractivity contribution in [3.63, 3.8) is 0 Å². The molecule has 0 heterocycles. The van der Waals surface area contributed by atoms with Crippen molar-refractivity contribution in [2.75, 3.05) is 4.43 Å². The van der Waals surface area contributed by atoms with Gasteiger partial charge >= 0.3 is 0 Å². The van der Waals surface area contributed by atoms with Crippen LogP contribution < -0.4 is 0 Å². The standard InChI is InChI=1S/C19H27F2I/c1-2-3-13-8-18(16-7-6-15(20)10-19(16)21)17(12-4-5-12)9-14(13)11-22/h7-8,12-15,17,19H,2-6,9-11H2,1H3/t13-,14?,15-,17+,19-/m0/s1. The maximum atomic E-state index is 14.5. The minimum atomic E-state index is -1.09. The summed E-state index contributed by atoms with van der Waals surface area (Å²) < 4.78 is 29.1. The van der Waals surface area contributed by atoms with Gasteiger partial charge in [0.1, 0.15) is 12.3 Å². The zero-order valence-electron chi connectivity index (χ0n) is 13.4. The van der Waals surface area contributed by atoms with Gasteiger partial charge in [-0.2, -0.15) is 0 Å². The van der Waals surface area contributed by atoms with Crippen molar-refractivity contribution < 1.29 is 8.78 Å². The monoisotopic (exact) mass is 420 g/mol. The van der Waals surface area contributed by atoms with E-state index in [0.29, 0.717) is 18.3 Å². The average Bonchev–Trinajstić information content (AvgIpc) is 3.32. The predicted molar refractivity (Wildman–Crippen MR) is 96.8 cm³/mol. The summed E-state index contributed by atoms with van der Waals surface area (Å²) in [5, 5.41) is 0. The number of hydrogen-bond acceptors (Lipinski definition) is 0. The van der Waals surface area contributed by atoms with Gasteiger partial charge in [-0.15, -0.1) is 0 Å². The van der Waals surface area contributed by atoms with Crippen LogP contribution in [0, 0.1) is 23.7 Å². The molecule has 3 heteroatoms. The third kappa shape index (κ3) is 3.59. The maximum absolute atomic E-state index is 14.5. The normalized spacial score (nSPS) is 39.4. The third-order valence-electron chi connectivity index (χ3n) is 5.69. The Kier molecular flexibility index (Phi) is 5.62. The van der Waals surface area contributed by atoms with Crippen molar-refractivity contribution in [2.45, 2.75) is 64.2 Å². The Morgan fingerprint density at radius 3 is 2.55 bits per heavy atom. The second-order valence-electron chi connectivity index (χ2n) is 7.36. The first-order valence-corrected chi connectivity index (χ1v) is 10.4. The lowest BCUT2D eigenvalue weighted by Gasteiger charge is -2.37. The van der Waals surface area contributed by atoms with Gasteiger partial charge in [-0.05, 0) is 66.9 Å². The Bertz CT molecular complexity index is 452. The zero-order chi connectivity index (χ0) is 15.7.